The van der Waals surface area contributed by atoms with Crippen LogP contribution in [0.5, 0.6) is 0 Å². The highest BCUT2D eigenvalue weighted by Crippen LogP contribution is 2.44. The summed E-state index contributed by atoms with van der Waals surface area (Å²) >= 11 is 0. The molecule has 0 saturated carbocycles. The van der Waals surface area contributed by atoms with Gasteiger partial charge in [0.15, 0.2) is 11.6 Å². The number of aromatic amines is 1. The summed E-state index contributed by atoms with van der Waals surface area (Å²) in [6.45, 7) is 4.02. The molecule has 1 aliphatic rings. The van der Waals surface area contributed by atoms with Gasteiger partial charge in [-0.25, -0.2) is 4.79 Å². The number of hydrogen-bond acceptors (Lipinski definition) is 10. The van der Waals surface area contributed by atoms with Gasteiger partial charge >= 0.3 is 5.69 Å². The van der Waals surface area contributed by atoms with E-state index in [0.717, 1.165) is 16.8 Å². The molecular weight excluding hydrogens is 757 g/mol. The first kappa shape index (κ1) is 37.9. The second-order valence-electron chi connectivity index (χ2n) is 13.9. The van der Waals surface area contributed by atoms with E-state index in [9.17, 15) is 32.1 Å². The van der Waals surface area contributed by atoms with Crippen molar-refractivity contribution >= 4 is 55.6 Å². The van der Waals surface area contributed by atoms with Crippen molar-refractivity contribution in [1.82, 2.24) is 19.5 Å². The summed E-state index contributed by atoms with van der Waals surface area (Å²) in [5.41, 5.74) is 4.26. The first-order valence-electron chi connectivity index (χ1n) is 18.5. The van der Waals surface area contributed by atoms with Crippen LogP contribution in [0.4, 0.5) is 23.0 Å². The van der Waals surface area contributed by atoms with Crippen molar-refractivity contribution in [3.8, 4) is 11.1 Å². The number of carbonyl (C=O) groups excluding carboxylic acids is 2. The second kappa shape index (κ2) is 14.8. The van der Waals surface area contributed by atoms with Crippen LogP contribution >= 0.6 is 0 Å². The van der Waals surface area contributed by atoms with Crippen LogP contribution in [0.1, 0.15) is 68.2 Å². The number of nitrogens with one attached hydrogen (secondary N) is 3. The molecule has 0 saturated heterocycles. The SMILES string of the molecule is CCc1cccc(CC)c1Nc1nc(Cc2cc(Nc3ccc4c5c3C(=O)c3ccccc3-c5c(C(=O)c3ccccc3)c(=O)n4C)ccc2S(=O)(=O)O)[nH]c(=O)n1. The summed E-state index contributed by atoms with van der Waals surface area (Å²) in [6.07, 6.45) is 1.20. The van der Waals surface area contributed by atoms with Gasteiger partial charge in [-0.05, 0) is 65.4 Å². The van der Waals surface area contributed by atoms with E-state index in [1.807, 2.05) is 32.0 Å². The molecule has 0 radical (unpaired) electrons. The fourth-order valence-corrected chi connectivity index (χ4v) is 8.39. The van der Waals surface area contributed by atoms with E-state index < -0.39 is 32.0 Å². The number of benzene rings is 5. The van der Waals surface area contributed by atoms with E-state index in [0.29, 0.717) is 57.4 Å². The highest BCUT2D eigenvalue weighted by atomic mass is 32.2. The highest BCUT2D eigenvalue weighted by molar-refractivity contribution is 7.85. The molecule has 2 heterocycles. The first-order chi connectivity index (χ1) is 27.9. The van der Waals surface area contributed by atoms with E-state index >= 15 is 0 Å². The molecule has 290 valence electrons. The standard InChI is InChI=1S/C44H36N6O7S/c1-4-24-14-11-15-25(5-2)39(24)48-43-46-34(47-44(54)49-43)23-27-22-28(18-21-33(27)58(55,56)57)45-31-19-20-32-37-35(29-16-9-10-17-30(29)41(52)36(31)37)38(42(53)50(32)3)40(51)26-12-7-6-8-13-26/h6-22,45H,4-5,23H2,1-3H3,(H,55,56,57)(H2,46,47,48,49,54). The molecule has 0 unspecified atom stereocenters. The number of para-hydroxylation sites is 1. The molecule has 58 heavy (non-hydrogen) atoms. The van der Waals surface area contributed by atoms with E-state index in [-0.39, 0.29) is 40.7 Å². The zero-order valence-electron chi connectivity index (χ0n) is 31.6. The van der Waals surface area contributed by atoms with Gasteiger partial charge in [-0.1, -0.05) is 86.6 Å². The van der Waals surface area contributed by atoms with Crippen molar-refractivity contribution in [1.29, 1.82) is 0 Å². The minimum Gasteiger partial charge on any atom is -0.355 e. The fourth-order valence-electron chi connectivity index (χ4n) is 7.69. The van der Waals surface area contributed by atoms with Crippen LogP contribution in [0.3, 0.4) is 0 Å². The predicted octanol–water partition coefficient (Wildman–Crippen LogP) is 6.91. The third-order valence-electron chi connectivity index (χ3n) is 10.4. The minimum absolute atomic E-state index is 0.0152. The number of fused-ring (bicyclic) bond motifs is 2. The molecule has 14 heteroatoms. The minimum atomic E-state index is -4.75. The normalized spacial score (nSPS) is 12.0. The van der Waals surface area contributed by atoms with Crippen molar-refractivity contribution in [3.63, 3.8) is 0 Å². The summed E-state index contributed by atoms with van der Waals surface area (Å²) in [6, 6.07) is 28.6. The van der Waals surface area contributed by atoms with Crippen LogP contribution in [-0.4, -0.2) is 44.1 Å². The Morgan fingerprint density at radius 3 is 2.16 bits per heavy atom. The third-order valence-corrected chi connectivity index (χ3v) is 11.4. The number of H-pyrrole nitrogens is 1. The largest absolute Gasteiger partial charge is 0.355 e. The topological polar surface area (TPSA) is 193 Å². The average molecular weight is 793 g/mol. The summed E-state index contributed by atoms with van der Waals surface area (Å²) in [4.78, 5) is 66.1. The summed E-state index contributed by atoms with van der Waals surface area (Å²) < 4.78 is 36.9. The number of carbonyl (C=O) groups is 2. The maximum Gasteiger partial charge on any atom is 0.349 e. The van der Waals surface area contributed by atoms with Gasteiger partial charge < -0.3 is 15.2 Å². The molecule has 8 rings (SSSR count). The number of rotatable bonds is 11. The summed E-state index contributed by atoms with van der Waals surface area (Å²) in [7, 11) is -3.20. The molecule has 4 N–H and O–H groups in total. The molecule has 0 amide bonds. The lowest BCUT2D eigenvalue weighted by molar-refractivity contribution is 0.102. The van der Waals surface area contributed by atoms with Crippen molar-refractivity contribution in [2.24, 2.45) is 7.05 Å². The Kier molecular flexibility index (Phi) is 9.67. The van der Waals surface area contributed by atoms with E-state index in [4.69, 9.17) is 0 Å². The Balaban J connectivity index is 1.24. The first-order valence-corrected chi connectivity index (χ1v) is 20.0. The molecular formula is C44H36N6O7S. The van der Waals surface area contributed by atoms with Gasteiger partial charge in [0.2, 0.25) is 5.95 Å². The summed E-state index contributed by atoms with van der Waals surface area (Å²) in [5.74, 6) is -0.748. The van der Waals surface area contributed by atoms with Gasteiger partial charge in [-0.15, -0.1) is 0 Å². The lowest BCUT2D eigenvalue weighted by Crippen LogP contribution is -2.29. The van der Waals surface area contributed by atoms with Gasteiger partial charge in [0, 0.05) is 46.9 Å². The molecule has 0 spiro atoms. The molecule has 13 nitrogen and oxygen atoms in total. The number of nitrogens with zero attached hydrogens (tertiary/aromatic N) is 3. The van der Waals surface area contributed by atoms with Gasteiger partial charge in [-0.2, -0.15) is 18.4 Å². The molecule has 1 aliphatic carbocycles. The Morgan fingerprint density at radius 1 is 0.776 bits per heavy atom. The average Bonchev–Trinajstić information content (AvgIpc) is 3.21. The number of ketones is 2. The maximum absolute atomic E-state index is 14.4. The van der Waals surface area contributed by atoms with Crippen molar-refractivity contribution in [2.45, 2.75) is 38.0 Å². The van der Waals surface area contributed by atoms with Crippen LogP contribution in [0.2, 0.25) is 0 Å². The van der Waals surface area contributed by atoms with Crippen LogP contribution in [0, 0.1) is 0 Å². The van der Waals surface area contributed by atoms with Crippen LogP contribution in [0.15, 0.2) is 118 Å². The van der Waals surface area contributed by atoms with Gasteiger partial charge in [0.25, 0.3) is 15.7 Å². The molecule has 7 aromatic rings. The molecule has 0 bridgehead atoms. The lowest BCUT2D eigenvalue weighted by Gasteiger charge is -2.25. The second-order valence-corrected chi connectivity index (χ2v) is 15.3. The number of pyridine rings is 1. The zero-order valence-corrected chi connectivity index (χ0v) is 32.4. The van der Waals surface area contributed by atoms with Gasteiger partial charge in [0.05, 0.1) is 27.2 Å². The lowest BCUT2D eigenvalue weighted by atomic mass is 9.80. The van der Waals surface area contributed by atoms with Crippen LogP contribution in [0.25, 0.3) is 22.0 Å². The number of aryl methyl sites for hydroxylation is 3. The Morgan fingerprint density at radius 2 is 1.47 bits per heavy atom. The van der Waals surface area contributed by atoms with Crippen molar-refractivity contribution < 1.29 is 22.6 Å². The van der Waals surface area contributed by atoms with Crippen LogP contribution in [-0.2, 0) is 36.4 Å². The Labute approximate surface area is 332 Å². The molecule has 0 atom stereocenters. The van der Waals surface area contributed by atoms with E-state index in [1.54, 1.807) is 73.8 Å². The maximum atomic E-state index is 14.4. The molecule has 0 fully saturated rings. The monoisotopic (exact) mass is 792 g/mol. The van der Waals surface area contributed by atoms with E-state index in [2.05, 4.69) is 25.6 Å². The zero-order chi connectivity index (χ0) is 40.9. The number of anilines is 4. The Bertz CT molecular complexity index is 3060. The Hall–Kier alpha value is -7.03. The third kappa shape index (κ3) is 6.67. The molecule has 2 aromatic heterocycles. The quantitative estimate of drug-likeness (QED) is 0.0786. The smallest absolute Gasteiger partial charge is 0.349 e. The highest BCUT2D eigenvalue weighted by Gasteiger charge is 2.34. The van der Waals surface area contributed by atoms with Crippen molar-refractivity contribution in [3.05, 3.63) is 169 Å². The molecule has 0 aliphatic heterocycles. The van der Waals surface area contributed by atoms with Gasteiger partial charge in [0.1, 0.15) is 5.82 Å². The predicted molar refractivity (Wildman–Crippen MR) is 221 cm³/mol. The van der Waals surface area contributed by atoms with Gasteiger partial charge in [-0.3, -0.25) is 23.9 Å². The molecule has 5 aromatic carbocycles. The van der Waals surface area contributed by atoms with Crippen molar-refractivity contribution in [2.75, 3.05) is 10.6 Å². The fraction of sp³-hybridized carbons (Fsp3) is 0.136. The van der Waals surface area contributed by atoms with Crippen LogP contribution < -0.4 is 21.9 Å². The summed E-state index contributed by atoms with van der Waals surface area (Å²) in [5, 5.41) is 6.83. The van der Waals surface area contributed by atoms with E-state index in [1.165, 1.54) is 22.8 Å². The number of aromatic nitrogens is 4. The number of hydrogen-bond donors (Lipinski definition) is 4.